The first-order chi connectivity index (χ1) is 12.9. The van der Waals surface area contributed by atoms with Gasteiger partial charge in [-0.25, -0.2) is 0 Å². The average molecular weight is 361 g/mol. The molecule has 0 saturated heterocycles. The van der Waals surface area contributed by atoms with Gasteiger partial charge in [-0.1, -0.05) is 70.6 Å². The first-order valence-electron chi connectivity index (χ1n) is 11.3. The molecule has 0 saturated carbocycles. The molecule has 0 aromatic rings. The van der Waals surface area contributed by atoms with E-state index >= 15 is 0 Å². The molecule has 148 valence electrons. The third kappa shape index (κ3) is 9.49. The van der Waals surface area contributed by atoms with Gasteiger partial charge in [-0.3, -0.25) is 4.99 Å². The Morgan fingerprint density at radius 2 is 1.04 bits per heavy atom. The summed E-state index contributed by atoms with van der Waals surface area (Å²) < 4.78 is 0. The molecule has 0 aromatic carbocycles. The predicted molar refractivity (Wildman–Crippen MR) is 111 cm³/mol. The highest BCUT2D eigenvalue weighted by Gasteiger charge is 2.07. The van der Waals surface area contributed by atoms with Gasteiger partial charge in [-0.2, -0.15) is 5.11 Å². The van der Waals surface area contributed by atoms with Gasteiger partial charge < -0.3 is 5.73 Å². The Morgan fingerprint density at radius 3 is 1.69 bits per heavy atom. The zero-order valence-corrected chi connectivity index (χ0v) is 16.9. The molecule has 4 nitrogen and oxygen atoms in total. The largest absolute Gasteiger partial charge is 0.401 e. The molecule has 0 amide bonds. The maximum absolute atomic E-state index is 6.38. The summed E-state index contributed by atoms with van der Waals surface area (Å²) in [5, 5.41) is 9.18. The topological polar surface area (TPSA) is 63.1 Å². The first kappa shape index (κ1) is 21.1. The molecule has 0 aromatic heterocycles. The van der Waals surface area contributed by atoms with Gasteiger partial charge in [0.1, 0.15) is 5.84 Å². The van der Waals surface area contributed by atoms with Gasteiger partial charge in [0.2, 0.25) is 0 Å². The van der Waals surface area contributed by atoms with Crippen LogP contribution in [0.5, 0.6) is 0 Å². The standard InChI is InChI=1S/C22H40N4/c23-20-16-12-8-4-1-2-5-9-13-17-21(20)25-26-22-18-14-10-6-3-7-11-15-19-24-22/h1-19,23H2/b21-20-,24-22+,26-25-. The van der Waals surface area contributed by atoms with Gasteiger partial charge in [0, 0.05) is 18.7 Å². The molecule has 1 aliphatic carbocycles. The number of aliphatic imine (C=N–C) groups is 1. The monoisotopic (exact) mass is 360 g/mol. The Hall–Kier alpha value is -1.19. The lowest BCUT2D eigenvalue weighted by atomic mass is 10.0. The van der Waals surface area contributed by atoms with E-state index in [-0.39, 0.29) is 0 Å². The molecule has 1 heterocycles. The molecule has 1 aliphatic heterocycles. The lowest BCUT2D eigenvalue weighted by Gasteiger charge is -2.10. The summed E-state index contributed by atoms with van der Waals surface area (Å²) in [5.74, 6) is 0.943. The maximum atomic E-state index is 6.38. The number of azo groups is 1. The van der Waals surface area contributed by atoms with Crippen LogP contribution >= 0.6 is 0 Å². The number of amidine groups is 1. The number of nitrogens with zero attached hydrogens (tertiary/aromatic N) is 3. The molecule has 0 unspecified atom stereocenters. The van der Waals surface area contributed by atoms with Crippen molar-refractivity contribution < 1.29 is 0 Å². The molecule has 2 aliphatic rings. The fourth-order valence-corrected chi connectivity index (χ4v) is 3.85. The number of hydrogen-bond donors (Lipinski definition) is 1. The fourth-order valence-electron chi connectivity index (χ4n) is 3.85. The molecule has 0 bridgehead atoms. The van der Waals surface area contributed by atoms with Crippen molar-refractivity contribution in [3.05, 3.63) is 11.4 Å². The second-order valence-corrected chi connectivity index (χ2v) is 8.02. The molecule has 4 heteroatoms. The van der Waals surface area contributed by atoms with Crippen molar-refractivity contribution in [3.63, 3.8) is 0 Å². The predicted octanol–water partition coefficient (Wildman–Crippen LogP) is 7.06. The van der Waals surface area contributed by atoms with E-state index in [1.807, 2.05) is 0 Å². The van der Waals surface area contributed by atoms with Crippen LogP contribution in [0, 0.1) is 0 Å². The van der Waals surface area contributed by atoms with Crippen LogP contribution in [0.15, 0.2) is 26.6 Å². The molecule has 0 spiro atoms. The lowest BCUT2D eigenvalue weighted by molar-refractivity contribution is 0.555. The van der Waals surface area contributed by atoms with Gasteiger partial charge >= 0.3 is 0 Å². The van der Waals surface area contributed by atoms with Gasteiger partial charge in [0.25, 0.3) is 0 Å². The lowest BCUT2D eigenvalue weighted by Crippen LogP contribution is -2.03. The van der Waals surface area contributed by atoms with Gasteiger partial charge in [-0.15, -0.1) is 5.11 Å². The van der Waals surface area contributed by atoms with Crippen molar-refractivity contribution in [1.82, 2.24) is 0 Å². The van der Waals surface area contributed by atoms with Crippen molar-refractivity contribution in [2.45, 2.75) is 116 Å². The number of rotatable bonds is 1. The Labute approximate surface area is 160 Å². The van der Waals surface area contributed by atoms with E-state index in [0.29, 0.717) is 0 Å². The molecular formula is C22H40N4. The van der Waals surface area contributed by atoms with Crippen LogP contribution in [0.4, 0.5) is 0 Å². The van der Waals surface area contributed by atoms with Crippen molar-refractivity contribution in [3.8, 4) is 0 Å². The van der Waals surface area contributed by atoms with E-state index in [4.69, 9.17) is 10.7 Å². The average Bonchev–Trinajstić information content (AvgIpc) is 2.70. The van der Waals surface area contributed by atoms with Crippen LogP contribution in [0.2, 0.25) is 0 Å². The first-order valence-corrected chi connectivity index (χ1v) is 11.3. The quantitative estimate of drug-likeness (QED) is 0.500. The molecule has 0 fully saturated rings. The zero-order chi connectivity index (χ0) is 18.3. The molecule has 2 N–H and O–H groups in total. The molecular weight excluding hydrogens is 320 g/mol. The van der Waals surface area contributed by atoms with Crippen LogP contribution in [-0.2, 0) is 0 Å². The van der Waals surface area contributed by atoms with E-state index in [0.717, 1.165) is 43.0 Å². The van der Waals surface area contributed by atoms with E-state index in [2.05, 4.69) is 10.2 Å². The van der Waals surface area contributed by atoms with Crippen LogP contribution in [-0.4, -0.2) is 12.4 Å². The van der Waals surface area contributed by atoms with Gasteiger partial charge in [0.05, 0.1) is 5.70 Å². The third-order valence-corrected chi connectivity index (χ3v) is 5.62. The maximum Gasteiger partial charge on any atom is 0.146 e. The Balaban J connectivity index is 1.98. The molecule has 0 atom stereocenters. The van der Waals surface area contributed by atoms with Crippen molar-refractivity contribution in [1.29, 1.82) is 0 Å². The SMILES string of the molecule is N\C1=C(/N=N\C2=N\CCCCCCCCC2)CCCCCCCCCC1. The Morgan fingerprint density at radius 1 is 0.538 bits per heavy atom. The molecule has 26 heavy (non-hydrogen) atoms. The minimum absolute atomic E-state index is 0.906. The number of nitrogens with two attached hydrogens (primary N) is 1. The summed E-state index contributed by atoms with van der Waals surface area (Å²) in [6.45, 7) is 0.906. The minimum Gasteiger partial charge on any atom is -0.401 e. The van der Waals surface area contributed by atoms with E-state index < -0.39 is 0 Å². The fraction of sp³-hybridized carbons (Fsp3) is 0.864. The van der Waals surface area contributed by atoms with Crippen LogP contribution in [0.25, 0.3) is 0 Å². The van der Waals surface area contributed by atoms with Crippen LogP contribution in [0.3, 0.4) is 0 Å². The Kier molecular flexibility index (Phi) is 11.3. The van der Waals surface area contributed by atoms with Crippen molar-refractivity contribution in [2.75, 3.05) is 6.54 Å². The van der Waals surface area contributed by atoms with Crippen molar-refractivity contribution >= 4 is 5.84 Å². The number of allylic oxidation sites excluding steroid dienone is 2. The molecule has 0 radical (unpaired) electrons. The summed E-state index contributed by atoms with van der Waals surface area (Å²) in [6.07, 6.45) is 22.4. The number of hydrogen-bond acceptors (Lipinski definition) is 4. The highest BCUT2D eigenvalue weighted by Crippen LogP contribution is 2.21. The summed E-state index contributed by atoms with van der Waals surface area (Å²) in [5.41, 5.74) is 8.38. The van der Waals surface area contributed by atoms with E-state index in [1.165, 1.54) is 96.3 Å². The van der Waals surface area contributed by atoms with Crippen LogP contribution in [0.1, 0.15) is 116 Å². The minimum atomic E-state index is 0.906. The zero-order valence-electron chi connectivity index (χ0n) is 16.9. The highest BCUT2D eigenvalue weighted by molar-refractivity contribution is 5.82. The molecule has 2 rings (SSSR count). The van der Waals surface area contributed by atoms with E-state index in [1.54, 1.807) is 0 Å². The summed E-state index contributed by atoms with van der Waals surface area (Å²) in [6, 6.07) is 0. The van der Waals surface area contributed by atoms with E-state index in [9.17, 15) is 0 Å². The van der Waals surface area contributed by atoms with Crippen LogP contribution < -0.4 is 5.73 Å². The second-order valence-electron chi connectivity index (χ2n) is 8.02. The normalized spacial score (nSPS) is 28.4. The smallest absolute Gasteiger partial charge is 0.146 e. The van der Waals surface area contributed by atoms with Crippen molar-refractivity contribution in [2.24, 2.45) is 21.0 Å². The van der Waals surface area contributed by atoms with Gasteiger partial charge in [-0.05, 0) is 38.5 Å². The second kappa shape index (κ2) is 13.9. The third-order valence-electron chi connectivity index (χ3n) is 5.62. The van der Waals surface area contributed by atoms with Gasteiger partial charge in [0.15, 0.2) is 0 Å². The summed E-state index contributed by atoms with van der Waals surface area (Å²) in [7, 11) is 0. The Bertz CT molecular complexity index is 465. The summed E-state index contributed by atoms with van der Waals surface area (Å²) in [4.78, 5) is 4.73. The summed E-state index contributed by atoms with van der Waals surface area (Å²) >= 11 is 0. The highest BCUT2D eigenvalue weighted by atomic mass is 15.2.